The first kappa shape index (κ1) is 23.5. The lowest BCUT2D eigenvalue weighted by molar-refractivity contribution is -0.107. The lowest BCUT2D eigenvalue weighted by atomic mass is 10.1. The Bertz CT molecular complexity index is 354. The molecule has 0 aromatic rings. The number of aldehydes is 2. The quantitative estimate of drug-likeness (QED) is 0.412. The Balaban J connectivity index is 0. The molecule has 2 N–H and O–H groups in total. The summed E-state index contributed by atoms with van der Waals surface area (Å²) in [7, 11) is 0. The highest BCUT2D eigenvalue weighted by Crippen LogP contribution is 2.10. The fourth-order valence-corrected chi connectivity index (χ4v) is 1.97. The first-order chi connectivity index (χ1) is 11.3. The van der Waals surface area contributed by atoms with E-state index in [0.717, 1.165) is 25.8 Å². The number of hydrogen-bond acceptors (Lipinski definition) is 4. The minimum Gasteiger partial charge on any atom is -0.330 e. The second-order valence-corrected chi connectivity index (χ2v) is 5.26. The van der Waals surface area contributed by atoms with Crippen molar-refractivity contribution in [1.29, 1.82) is 5.26 Å². The van der Waals surface area contributed by atoms with Gasteiger partial charge in [-0.15, -0.1) is 0 Å². The summed E-state index contributed by atoms with van der Waals surface area (Å²) in [5.41, 5.74) is 5.45. The molecule has 0 radical (unpaired) electrons. The molecule has 0 saturated heterocycles. The maximum absolute atomic E-state index is 9.99. The van der Waals surface area contributed by atoms with Gasteiger partial charge in [-0.3, -0.25) is 0 Å². The van der Waals surface area contributed by atoms with Crippen LogP contribution in [0.3, 0.4) is 0 Å². The summed E-state index contributed by atoms with van der Waals surface area (Å²) in [6.07, 6.45) is 14.7. The summed E-state index contributed by atoms with van der Waals surface area (Å²) >= 11 is 0. The van der Waals surface area contributed by atoms with E-state index in [-0.39, 0.29) is 6.42 Å². The van der Waals surface area contributed by atoms with Crippen LogP contribution >= 0.6 is 0 Å². The third-order valence-corrected chi connectivity index (χ3v) is 3.19. The zero-order valence-corrected chi connectivity index (χ0v) is 14.3. The van der Waals surface area contributed by atoms with E-state index in [9.17, 15) is 9.59 Å². The van der Waals surface area contributed by atoms with Gasteiger partial charge in [0.05, 0.1) is 12.5 Å². The van der Waals surface area contributed by atoms with Crippen molar-refractivity contribution in [2.75, 3.05) is 13.1 Å². The van der Waals surface area contributed by atoms with Crippen LogP contribution in [0, 0.1) is 17.4 Å². The van der Waals surface area contributed by atoms with Crippen LogP contribution in [0.2, 0.25) is 0 Å². The minimum atomic E-state index is 0.0139. The third kappa shape index (κ3) is 29.0. The van der Waals surface area contributed by atoms with E-state index in [1.807, 2.05) is 0 Å². The van der Waals surface area contributed by atoms with Gasteiger partial charge < -0.3 is 15.3 Å². The highest BCUT2D eigenvalue weighted by atomic mass is 16.1. The van der Waals surface area contributed by atoms with Crippen molar-refractivity contribution in [2.45, 2.75) is 77.0 Å². The molecule has 0 heterocycles. The Hall–Kier alpha value is -1.72. The molecule has 5 nitrogen and oxygen atoms in total. The second kappa shape index (κ2) is 25.2. The summed E-state index contributed by atoms with van der Waals surface area (Å²) < 4.78 is 0. The molecular weight excluding hydrogens is 290 g/mol. The van der Waals surface area contributed by atoms with Crippen LogP contribution in [-0.2, 0) is 9.59 Å². The highest BCUT2D eigenvalue weighted by molar-refractivity contribution is 5.53. The zero-order valence-electron chi connectivity index (χ0n) is 14.3. The first-order valence-corrected chi connectivity index (χ1v) is 8.67. The van der Waals surface area contributed by atoms with Crippen LogP contribution in [0.4, 0.5) is 0 Å². The Morgan fingerprint density at radius 3 is 1.65 bits per heavy atom. The Morgan fingerprint density at radius 2 is 1.26 bits per heavy atom. The van der Waals surface area contributed by atoms with Gasteiger partial charge in [-0.2, -0.15) is 5.26 Å². The zero-order chi connectivity index (χ0) is 17.4. The molecule has 0 aliphatic rings. The number of nitriles is 1. The van der Waals surface area contributed by atoms with E-state index in [4.69, 9.17) is 11.0 Å². The SMILES string of the molecule is N#CCC=O.NCCCCCCCCCCCC[N+]#CCC=O. The van der Waals surface area contributed by atoms with Crippen molar-refractivity contribution < 1.29 is 9.59 Å². The molecular formula is C18H32N3O2+. The minimum absolute atomic E-state index is 0.0139. The van der Waals surface area contributed by atoms with Crippen LogP contribution in [0.25, 0.3) is 4.85 Å². The van der Waals surface area contributed by atoms with E-state index in [1.165, 1.54) is 57.8 Å². The van der Waals surface area contributed by atoms with Gasteiger partial charge in [0.2, 0.25) is 0 Å². The number of rotatable bonds is 13. The Kier molecular flexibility index (Phi) is 25.8. The molecule has 0 aromatic carbocycles. The molecule has 0 saturated carbocycles. The Morgan fingerprint density at radius 1 is 0.783 bits per heavy atom. The number of carbonyl (C=O) groups is 2. The topological polar surface area (TPSA) is 88.3 Å². The van der Waals surface area contributed by atoms with Crippen LogP contribution in [0.1, 0.15) is 77.0 Å². The molecule has 0 aliphatic heterocycles. The molecule has 0 unspecified atom stereocenters. The standard InChI is InChI=1S/C15H29N2O.C3H3NO/c16-12-9-7-5-3-1-2-4-6-8-10-13-17-14-11-15-18;4-2-1-3-5/h15H,1-13,16H2;3H,1H2/q+1;. The molecule has 23 heavy (non-hydrogen) atoms. The normalized spacial score (nSPS) is 8.87. The van der Waals surface area contributed by atoms with E-state index in [0.29, 0.717) is 12.7 Å². The van der Waals surface area contributed by atoms with Crippen LogP contribution in [0.5, 0.6) is 0 Å². The van der Waals surface area contributed by atoms with Crippen molar-refractivity contribution in [3.05, 3.63) is 4.85 Å². The van der Waals surface area contributed by atoms with Gasteiger partial charge in [-0.25, -0.2) is 0 Å². The predicted molar refractivity (Wildman–Crippen MR) is 94.3 cm³/mol. The second-order valence-electron chi connectivity index (χ2n) is 5.26. The highest BCUT2D eigenvalue weighted by Gasteiger charge is 1.95. The average Bonchev–Trinajstić information content (AvgIpc) is 2.56. The molecule has 0 rings (SSSR count). The third-order valence-electron chi connectivity index (χ3n) is 3.19. The number of unbranched alkanes of at least 4 members (excludes halogenated alkanes) is 9. The van der Waals surface area contributed by atoms with E-state index < -0.39 is 0 Å². The summed E-state index contributed by atoms with van der Waals surface area (Å²) in [5.74, 6) is 0. The molecule has 0 bridgehead atoms. The number of nitrogens with two attached hydrogens (primary N) is 1. The van der Waals surface area contributed by atoms with E-state index in [2.05, 4.69) is 10.9 Å². The predicted octanol–water partition coefficient (Wildman–Crippen LogP) is 3.87. The number of carbonyl (C=O) groups excluding carboxylic acids is 2. The van der Waals surface area contributed by atoms with Crippen LogP contribution < -0.4 is 5.73 Å². The van der Waals surface area contributed by atoms with Gasteiger partial charge in [0.1, 0.15) is 19.0 Å². The van der Waals surface area contributed by atoms with Crippen LogP contribution in [0.15, 0.2) is 0 Å². The number of hydrogen-bond donors (Lipinski definition) is 1. The van der Waals surface area contributed by atoms with Crippen LogP contribution in [-0.4, -0.2) is 25.7 Å². The molecule has 0 aromatic heterocycles. The molecule has 0 atom stereocenters. The maximum Gasteiger partial charge on any atom is 0.280 e. The van der Waals surface area contributed by atoms with Crippen molar-refractivity contribution in [2.24, 2.45) is 5.73 Å². The lowest BCUT2D eigenvalue weighted by Gasteiger charge is -2.00. The van der Waals surface area contributed by atoms with Gasteiger partial charge in [0, 0.05) is 6.42 Å². The van der Waals surface area contributed by atoms with Gasteiger partial charge in [-0.1, -0.05) is 49.8 Å². The van der Waals surface area contributed by atoms with E-state index in [1.54, 1.807) is 6.07 Å². The molecule has 5 heteroatoms. The monoisotopic (exact) mass is 322 g/mol. The molecule has 0 fully saturated rings. The summed E-state index contributed by atoms with van der Waals surface area (Å²) in [4.78, 5) is 23.2. The summed E-state index contributed by atoms with van der Waals surface area (Å²) in [5, 5.41) is 7.58. The van der Waals surface area contributed by atoms with Crippen molar-refractivity contribution >= 4 is 12.6 Å². The fourth-order valence-electron chi connectivity index (χ4n) is 1.97. The lowest BCUT2D eigenvalue weighted by Crippen LogP contribution is -1.97. The van der Waals surface area contributed by atoms with Gasteiger partial charge >= 0.3 is 0 Å². The average molecular weight is 322 g/mol. The smallest absolute Gasteiger partial charge is 0.280 e. The van der Waals surface area contributed by atoms with Gasteiger partial charge in [0.15, 0.2) is 0 Å². The van der Waals surface area contributed by atoms with Crippen molar-refractivity contribution in [1.82, 2.24) is 0 Å². The van der Waals surface area contributed by atoms with Crippen molar-refractivity contribution in [3.8, 4) is 12.1 Å². The van der Waals surface area contributed by atoms with Crippen molar-refractivity contribution in [3.63, 3.8) is 0 Å². The van der Waals surface area contributed by atoms with Gasteiger partial charge in [0.25, 0.3) is 12.6 Å². The largest absolute Gasteiger partial charge is 0.330 e. The van der Waals surface area contributed by atoms with Gasteiger partial charge in [-0.05, 0) is 19.4 Å². The fraction of sp³-hybridized carbons (Fsp3) is 0.778. The first-order valence-electron chi connectivity index (χ1n) is 8.67. The summed E-state index contributed by atoms with van der Waals surface area (Å²) in [6, 6.07) is 4.37. The Labute approximate surface area is 141 Å². The molecule has 0 aliphatic carbocycles. The molecule has 130 valence electrons. The maximum atomic E-state index is 9.99. The van der Waals surface area contributed by atoms with E-state index >= 15 is 0 Å². The molecule has 0 spiro atoms. The molecule has 0 amide bonds. The summed E-state index contributed by atoms with van der Waals surface area (Å²) in [6.45, 7) is 1.67. The number of nitrogens with zero attached hydrogens (tertiary/aromatic N) is 2.